The minimum absolute atomic E-state index is 0.0464. The Morgan fingerprint density at radius 2 is 1.78 bits per heavy atom. The van der Waals surface area contributed by atoms with Crippen molar-refractivity contribution in [3.63, 3.8) is 0 Å². The third kappa shape index (κ3) is 3.29. The van der Waals surface area contributed by atoms with Gasteiger partial charge in [-0.15, -0.1) is 0 Å². The Morgan fingerprint density at radius 3 is 2.48 bits per heavy atom. The summed E-state index contributed by atoms with van der Waals surface area (Å²) < 4.78 is 0. The van der Waals surface area contributed by atoms with E-state index in [4.69, 9.17) is 5.32 Å². The number of para-hydroxylation sites is 1. The molecule has 1 aliphatic heterocycles. The summed E-state index contributed by atoms with van der Waals surface area (Å²) in [5.74, 6) is -0.115. The highest BCUT2D eigenvalue weighted by atomic mass is 16.1. The van der Waals surface area contributed by atoms with Gasteiger partial charge in [0, 0.05) is 11.1 Å². The molecule has 1 amide bonds. The third-order valence-electron chi connectivity index (χ3n) is 3.96. The number of fused-ring (bicyclic) bond motifs is 1. The summed E-state index contributed by atoms with van der Waals surface area (Å²) in [5, 5.41) is 7.85. The molecule has 23 heavy (non-hydrogen) atoms. The van der Waals surface area contributed by atoms with Crippen molar-refractivity contribution in [2.45, 2.75) is 26.8 Å². The Balaban J connectivity index is 1.88. The molecule has 117 valence electrons. The van der Waals surface area contributed by atoms with Gasteiger partial charge in [0.05, 0.1) is 17.4 Å². The predicted molar refractivity (Wildman–Crippen MR) is 94.9 cm³/mol. The molecule has 1 heterocycles. The van der Waals surface area contributed by atoms with Gasteiger partial charge in [0.2, 0.25) is 0 Å². The molecule has 0 aliphatic carbocycles. The van der Waals surface area contributed by atoms with Crippen molar-refractivity contribution in [2.75, 3.05) is 5.32 Å². The maximum absolute atomic E-state index is 12.4. The summed E-state index contributed by atoms with van der Waals surface area (Å²) >= 11 is 0. The van der Waals surface area contributed by atoms with E-state index in [-0.39, 0.29) is 17.4 Å². The maximum Gasteiger partial charge on any atom is 0.255 e. The smallest absolute Gasteiger partial charge is 0.255 e. The number of nitrogens with zero attached hydrogens (tertiary/aromatic N) is 1. The van der Waals surface area contributed by atoms with E-state index in [9.17, 15) is 4.79 Å². The lowest BCUT2D eigenvalue weighted by Crippen LogP contribution is -2.33. The van der Waals surface area contributed by atoms with Gasteiger partial charge >= 0.3 is 0 Å². The van der Waals surface area contributed by atoms with Gasteiger partial charge in [-0.05, 0) is 23.6 Å². The molecule has 1 atom stereocenters. The number of anilines is 1. The Bertz CT molecular complexity index is 742. The quantitative estimate of drug-likeness (QED) is 0.864. The maximum atomic E-state index is 12.4. The van der Waals surface area contributed by atoms with Crippen LogP contribution in [0.15, 0.2) is 54.6 Å². The van der Waals surface area contributed by atoms with E-state index in [2.05, 4.69) is 38.2 Å². The number of carbonyl (C=O) groups excluding carboxylic acids is 1. The van der Waals surface area contributed by atoms with Crippen LogP contribution in [0.2, 0.25) is 0 Å². The van der Waals surface area contributed by atoms with Crippen LogP contribution in [0.5, 0.6) is 0 Å². The first kappa shape index (κ1) is 15.3. The van der Waals surface area contributed by atoms with Crippen LogP contribution >= 0.6 is 0 Å². The minimum Gasteiger partial charge on any atom is -0.320 e. The molecule has 2 aromatic carbocycles. The molecule has 3 heteroatoms. The largest absolute Gasteiger partial charge is 0.320 e. The zero-order valence-electron chi connectivity index (χ0n) is 13.7. The van der Waals surface area contributed by atoms with Gasteiger partial charge in [0.1, 0.15) is 0 Å². The molecule has 0 spiro atoms. The van der Waals surface area contributed by atoms with Crippen LogP contribution in [0.4, 0.5) is 11.4 Å². The van der Waals surface area contributed by atoms with Crippen molar-refractivity contribution >= 4 is 23.4 Å². The van der Waals surface area contributed by atoms with Crippen LogP contribution in [0.3, 0.4) is 0 Å². The van der Waals surface area contributed by atoms with E-state index in [1.807, 2.05) is 36.4 Å². The van der Waals surface area contributed by atoms with Crippen molar-refractivity contribution in [3.8, 4) is 0 Å². The first-order chi connectivity index (χ1) is 10.9. The van der Waals surface area contributed by atoms with E-state index < -0.39 is 0 Å². The molecule has 3 rings (SSSR count). The Morgan fingerprint density at radius 1 is 1.04 bits per heavy atom. The van der Waals surface area contributed by atoms with Crippen LogP contribution in [-0.2, 0) is 0 Å². The lowest BCUT2D eigenvalue weighted by Gasteiger charge is -2.31. The molecule has 0 aromatic heterocycles. The Hall–Kier alpha value is -2.55. The Kier molecular flexibility index (Phi) is 3.95. The first-order valence-electron chi connectivity index (χ1n) is 7.83. The highest BCUT2D eigenvalue weighted by Gasteiger charge is 2.28. The SMILES string of the molecule is CC(C)(C)C1C=Cc2cccc(NC(=O)c3ccccc3)c2[N]1. The first-order valence-corrected chi connectivity index (χ1v) is 7.83. The number of carbonyl (C=O) groups is 1. The number of hydrogen-bond acceptors (Lipinski definition) is 1. The predicted octanol–water partition coefficient (Wildman–Crippen LogP) is 4.62. The fraction of sp³-hybridized carbons (Fsp3) is 0.250. The third-order valence-corrected chi connectivity index (χ3v) is 3.96. The molecular weight excluding hydrogens is 284 g/mol. The molecule has 1 aliphatic rings. The number of nitrogens with one attached hydrogen (secondary N) is 1. The van der Waals surface area contributed by atoms with Crippen molar-refractivity contribution in [1.29, 1.82) is 0 Å². The van der Waals surface area contributed by atoms with Gasteiger partial charge in [0.15, 0.2) is 0 Å². The molecule has 1 unspecified atom stereocenters. The zero-order valence-corrected chi connectivity index (χ0v) is 13.7. The van der Waals surface area contributed by atoms with Gasteiger partial charge in [-0.1, -0.05) is 63.3 Å². The van der Waals surface area contributed by atoms with E-state index in [0.717, 1.165) is 16.9 Å². The lowest BCUT2D eigenvalue weighted by molar-refractivity contribution is 0.102. The van der Waals surface area contributed by atoms with Crippen molar-refractivity contribution < 1.29 is 4.79 Å². The monoisotopic (exact) mass is 305 g/mol. The Labute approximate surface area is 137 Å². The summed E-state index contributed by atoms with van der Waals surface area (Å²) in [6.07, 6.45) is 4.22. The van der Waals surface area contributed by atoms with Crippen LogP contribution < -0.4 is 10.6 Å². The summed E-state index contributed by atoms with van der Waals surface area (Å²) in [4.78, 5) is 12.4. The molecule has 0 saturated heterocycles. The van der Waals surface area contributed by atoms with Gasteiger partial charge < -0.3 is 5.32 Å². The van der Waals surface area contributed by atoms with Crippen LogP contribution in [0.1, 0.15) is 36.7 Å². The molecule has 0 saturated carbocycles. The van der Waals surface area contributed by atoms with Crippen molar-refractivity contribution in [2.24, 2.45) is 5.41 Å². The molecule has 0 fully saturated rings. The van der Waals surface area contributed by atoms with Crippen LogP contribution in [0.25, 0.3) is 6.08 Å². The number of rotatable bonds is 2. The summed E-state index contributed by atoms with van der Waals surface area (Å²) in [5.41, 5.74) is 3.35. The lowest BCUT2D eigenvalue weighted by atomic mass is 9.84. The van der Waals surface area contributed by atoms with Crippen molar-refractivity contribution in [3.05, 3.63) is 65.7 Å². The summed E-state index contributed by atoms with van der Waals surface area (Å²) in [6, 6.07) is 15.2. The topological polar surface area (TPSA) is 43.2 Å². The second-order valence-corrected chi connectivity index (χ2v) is 6.86. The minimum atomic E-state index is -0.115. The number of amides is 1. The normalized spacial score (nSPS) is 16.4. The molecule has 2 aromatic rings. The highest BCUT2D eigenvalue weighted by molar-refractivity contribution is 6.06. The van der Waals surface area contributed by atoms with E-state index in [1.165, 1.54) is 0 Å². The second-order valence-electron chi connectivity index (χ2n) is 6.86. The van der Waals surface area contributed by atoms with Crippen LogP contribution in [-0.4, -0.2) is 11.9 Å². The fourth-order valence-corrected chi connectivity index (χ4v) is 2.58. The number of benzene rings is 2. The molecule has 0 bridgehead atoms. The summed E-state index contributed by atoms with van der Waals surface area (Å²) in [6.45, 7) is 6.50. The zero-order chi connectivity index (χ0) is 16.4. The van der Waals surface area contributed by atoms with Crippen molar-refractivity contribution in [1.82, 2.24) is 5.32 Å². The van der Waals surface area contributed by atoms with Gasteiger partial charge in [0.25, 0.3) is 5.91 Å². The highest BCUT2D eigenvalue weighted by Crippen LogP contribution is 2.36. The van der Waals surface area contributed by atoms with E-state index in [0.29, 0.717) is 5.56 Å². The second kappa shape index (κ2) is 5.92. The fourth-order valence-electron chi connectivity index (χ4n) is 2.58. The van der Waals surface area contributed by atoms with Gasteiger partial charge in [-0.25, -0.2) is 0 Å². The molecule has 1 radical (unpaired) electrons. The van der Waals surface area contributed by atoms with Gasteiger partial charge in [-0.3, -0.25) is 10.1 Å². The molecular formula is C20H21N2O. The van der Waals surface area contributed by atoms with Gasteiger partial charge in [-0.2, -0.15) is 0 Å². The average molecular weight is 305 g/mol. The standard InChI is InChI=1S/C20H21N2O/c1-20(2,3)17-13-12-14-10-7-11-16(18(14)22-17)21-19(23)15-8-5-4-6-9-15/h4-13,17H,1-3H3,(H,21,23). The molecule has 1 N–H and O–H groups in total. The summed E-state index contributed by atoms with van der Waals surface area (Å²) in [7, 11) is 0. The van der Waals surface area contributed by atoms with E-state index in [1.54, 1.807) is 12.1 Å². The van der Waals surface area contributed by atoms with Crippen LogP contribution in [0, 0.1) is 5.41 Å². The number of hydrogen-bond donors (Lipinski definition) is 1. The average Bonchev–Trinajstić information content (AvgIpc) is 2.54. The van der Waals surface area contributed by atoms with E-state index >= 15 is 0 Å². The molecule has 3 nitrogen and oxygen atoms in total.